The summed E-state index contributed by atoms with van der Waals surface area (Å²) in [5.41, 5.74) is -0.255. The van der Waals surface area contributed by atoms with Crippen LogP contribution in [0.5, 0.6) is 0 Å². The first-order valence-electron chi connectivity index (χ1n) is 9.05. The second kappa shape index (κ2) is 7.00. The van der Waals surface area contributed by atoms with Crippen LogP contribution < -0.4 is 15.8 Å². The van der Waals surface area contributed by atoms with Crippen LogP contribution in [-0.2, 0) is 16.1 Å². The average Bonchev–Trinajstić information content (AvgIpc) is 3.26. The molecule has 2 fully saturated rings. The third-order valence-electron chi connectivity index (χ3n) is 5.46. The van der Waals surface area contributed by atoms with Crippen molar-refractivity contribution in [2.24, 2.45) is 17.8 Å². The molecular formula is C18H24N4O3. The summed E-state index contributed by atoms with van der Waals surface area (Å²) in [6.07, 6.45) is 6.96. The van der Waals surface area contributed by atoms with E-state index in [0.717, 1.165) is 19.5 Å². The van der Waals surface area contributed by atoms with Gasteiger partial charge < -0.3 is 15.0 Å². The van der Waals surface area contributed by atoms with E-state index in [-0.39, 0.29) is 18.0 Å². The molecule has 0 spiro atoms. The molecular weight excluding hydrogens is 320 g/mol. The van der Waals surface area contributed by atoms with Crippen LogP contribution in [0.25, 0.3) is 0 Å². The van der Waals surface area contributed by atoms with Crippen LogP contribution in [0.1, 0.15) is 12.8 Å². The Labute approximate surface area is 146 Å². The molecule has 1 aromatic rings. The first-order valence-corrected chi connectivity index (χ1v) is 9.05. The fraction of sp³-hybridized carbons (Fsp3) is 0.611. The number of rotatable bonds is 5. The topological polar surface area (TPSA) is 76.5 Å². The van der Waals surface area contributed by atoms with Gasteiger partial charge in [0, 0.05) is 25.7 Å². The number of amides is 1. The summed E-state index contributed by atoms with van der Waals surface area (Å²) >= 11 is 0. The molecule has 4 rings (SSSR count). The normalized spacial score (nSPS) is 27.7. The van der Waals surface area contributed by atoms with Gasteiger partial charge in [-0.3, -0.25) is 9.59 Å². The molecule has 1 aromatic heterocycles. The zero-order chi connectivity index (χ0) is 17.2. The summed E-state index contributed by atoms with van der Waals surface area (Å²) in [5.74, 6) is 2.40. The van der Waals surface area contributed by atoms with E-state index in [1.165, 1.54) is 17.2 Å². The van der Waals surface area contributed by atoms with E-state index >= 15 is 0 Å². The Morgan fingerprint density at radius 2 is 2.08 bits per heavy atom. The first-order chi connectivity index (χ1) is 12.2. The van der Waals surface area contributed by atoms with Gasteiger partial charge in [-0.1, -0.05) is 12.2 Å². The van der Waals surface area contributed by atoms with Gasteiger partial charge in [-0.05, 0) is 36.7 Å². The minimum absolute atomic E-state index is 0.0341. The van der Waals surface area contributed by atoms with Crippen molar-refractivity contribution in [3.63, 3.8) is 0 Å². The second-order valence-corrected chi connectivity index (χ2v) is 7.13. The third-order valence-corrected chi connectivity index (χ3v) is 5.46. The molecule has 2 aliphatic carbocycles. The van der Waals surface area contributed by atoms with Crippen LogP contribution in [0.4, 0.5) is 5.82 Å². The van der Waals surface area contributed by atoms with Gasteiger partial charge in [0.25, 0.3) is 5.56 Å². The van der Waals surface area contributed by atoms with Gasteiger partial charge in [0.2, 0.25) is 5.91 Å². The fourth-order valence-electron chi connectivity index (χ4n) is 4.08. The SMILES string of the molecule is O=C(Cn1nc(N2CCOCC2)ccc1=O)NC[C@@H]1C[C@@H]2C=C[C@H]1C2. The number of hydrogen-bond acceptors (Lipinski definition) is 5. The quantitative estimate of drug-likeness (QED) is 0.783. The van der Waals surface area contributed by atoms with E-state index in [1.54, 1.807) is 6.07 Å². The molecule has 0 unspecified atom stereocenters. The van der Waals surface area contributed by atoms with E-state index in [2.05, 4.69) is 27.5 Å². The monoisotopic (exact) mass is 344 g/mol. The molecule has 2 bridgehead atoms. The number of morpholine rings is 1. The van der Waals surface area contributed by atoms with E-state index in [1.807, 2.05) is 0 Å². The molecule has 3 atom stereocenters. The van der Waals surface area contributed by atoms with Gasteiger partial charge >= 0.3 is 0 Å². The van der Waals surface area contributed by atoms with E-state index < -0.39 is 0 Å². The van der Waals surface area contributed by atoms with Crippen molar-refractivity contribution in [3.8, 4) is 0 Å². The smallest absolute Gasteiger partial charge is 0.267 e. The molecule has 0 radical (unpaired) electrons. The summed E-state index contributed by atoms with van der Waals surface area (Å²) in [4.78, 5) is 26.3. The zero-order valence-corrected chi connectivity index (χ0v) is 14.3. The highest BCUT2D eigenvalue weighted by atomic mass is 16.5. The van der Waals surface area contributed by atoms with Crippen LogP contribution in [-0.4, -0.2) is 48.5 Å². The lowest BCUT2D eigenvalue weighted by Gasteiger charge is -2.27. The standard InChI is InChI=1S/C18H24N4O3/c23-17(19-11-15-10-13-1-2-14(15)9-13)12-22-18(24)4-3-16(20-22)21-5-7-25-8-6-21/h1-4,13-15H,5-12H2,(H,19,23)/t13-,14+,15+/m1/s1. The maximum Gasteiger partial charge on any atom is 0.267 e. The molecule has 25 heavy (non-hydrogen) atoms. The van der Waals surface area contributed by atoms with E-state index in [9.17, 15) is 9.59 Å². The van der Waals surface area contributed by atoms with Crippen LogP contribution in [0.3, 0.4) is 0 Å². The summed E-state index contributed by atoms with van der Waals surface area (Å²) in [6, 6.07) is 3.19. The van der Waals surface area contributed by atoms with Gasteiger partial charge in [0.1, 0.15) is 12.4 Å². The highest BCUT2D eigenvalue weighted by Gasteiger charge is 2.35. The highest BCUT2D eigenvalue weighted by Crippen LogP contribution is 2.42. The average molecular weight is 344 g/mol. The summed E-state index contributed by atoms with van der Waals surface area (Å²) in [6.45, 7) is 3.44. The van der Waals surface area contributed by atoms with Crippen molar-refractivity contribution in [3.05, 3.63) is 34.6 Å². The predicted octanol–water partition coefficient (Wildman–Crippen LogP) is 0.408. The Bertz CT molecular complexity index is 723. The summed E-state index contributed by atoms with van der Waals surface area (Å²) in [7, 11) is 0. The van der Waals surface area contributed by atoms with Crippen LogP contribution in [0.15, 0.2) is 29.1 Å². The molecule has 7 heteroatoms. The molecule has 1 amide bonds. The zero-order valence-electron chi connectivity index (χ0n) is 14.3. The maximum absolute atomic E-state index is 12.3. The lowest BCUT2D eigenvalue weighted by atomic mass is 9.94. The van der Waals surface area contributed by atoms with Crippen molar-refractivity contribution >= 4 is 11.7 Å². The first kappa shape index (κ1) is 16.3. The van der Waals surface area contributed by atoms with Gasteiger partial charge in [0.05, 0.1) is 13.2 Å². The summed E-state index contributed by atoms with van der Waals surface area (Å²) < 4.78 is 6.59. The number of nitrogens with zero attached hydrogens (tertiary/aromatic N) is 3. The number of anilines is 1. The van der Waals surface area contributed by atoms with E-state index in [4.69, 9.17) is 4.74 Å². The lowest BCUT2D eigenvalue weighted by Crippen LogP contribution is -2.40. The number of nitrogens with one attached hydrogen (secondary N) is 1. The molecule has 1 saturated carbocycles. The number of allylic oxidation sites excluding steroid dienone is 2. The molecule has 1 N–H and O–H groups in total. The van der Waals surface area contributed by atoms with Crippen molar-refractivity contribution < 1.29 is 9.53 Å². The Kier molecular flexibility index (Phi) is 4.57. The van der Waals surface area contributed by atoms with Crippen LogP contribution in [0.2, 0.25) is 0 Å². The number of fused-ring (bicyclic) bond motifs is 2. The Hall–Kier alpha value is -2.15. The molecule has 0 aromatic carbocycles. The molecule has 7 nitrogen and oxygen atoms in total. The number of ether oxygens (including phenoxy) is 1. The molecule has 1 aliphatic heterocycles. The van der Waals surface area contributed by atoms with Gasteiger partial charge in [-0.25, -0.2) is 4.68 Å². The van der Waals surface area contributed by atoms with E-state index in [0.29, 0.717) is 43.3 Å². The third kappa shape index (κ3) is 3.61. The number of hydrogen-bond donors (Lipinski definition) is 1. The van der Waals surface area contributed by atoms with Crippen LogP contribution in [0, 0.1) is 17.8 Å². The van der Waals surface area contributed by atoms with Gasteiger partial charge in [-0.15, -0.1) is 0 Å². The molecule has 2 heterocycles. The summed E-state index contributed by atoms with van der Waals surface area (Å²) in [5, 5.41) is 7.33. The minimum atomic E-state index is -0.255. The number of carbonyl (C=O) groups excluding carboxylic acids is 1. The molecule has 134 valence electrons. The Balaban J connectivity index is 1.35. The van der Waals surface area contributed by atoms with Crippen molar-refractivity contribution in [1.82, 2.24) is 15.1 Å². The van der Waals surface area contributed by atoms with Gasteiger partial charge in [0.15, 0.2) is 0 Å². The lowest BCUT2D eigenvalue weighted by molar-refractivity contribution is -0.122. The highest BCUT2D eigenvalue weighted by molar-refractivity contribution is 5.75. The minimum Gasteiger partial charge on any atom is -0.378 e. The van der Waals surface area contributed by atoms with Crippen molar-refractivity contribution in [2.45, 2.75) is 19.4 Å². The molecule has 1 saturated heterocycles. The Morgan fingerprint density at radius 1 is 1.24 bits per heavy atom. The van der Waals surface area contributed by atoms with Crippen molar-refractivity contribution in [2.75, 3.05) is 37.7 Å². The molecule has 3 aliphatic rings. The second-order valence-electron chi connectivity index (χ2n) is 7.13. The van der Waals surface area contributed by atoms with Gasteiger partial charge in [-0.2, -0.15) is 5.10 Å². The maximum atomic E-state index is 12.3. The number of aromatic nitrogens is 2. The number of carbonyl (C=O) groups is 1. The van der Waals surface area contributed by atoms with Crippen LogP contribution >= 0.6 is 0 Å². The largest absolute Gasteiger partial charge is 0.378 e. The Morgan fingerprint density at radius 3 is 2.80 bits per heavy atom. The fourth-order valence-corrected chi connectivity index (χ4v) is 4.08. The predicted molar refractivity (Wildman–Crippen MR) is 93.4 cm³/mol. The van der Waals surface area contributed by atoms with Crippen molar-refractivity contribution in [1.29, 1.82) is 0 Å².